The Balaban J connectivity index is 2.09. The summed E-state index contributed by atoms with van der Waals surface area (Å²) in [5.74, 6) is -0.213. The predicted molar refractivity (Wildman–Crippen MR) is 53.1 cm³/mol. The number of allylic oxidation sites excluding steroid dienone is 2. The third-order valence-corrected chi connectivity index (χ3v) is 2.69. The maximum atomic E-state index is 11.6. The Kier molecular flexibility index (Phi) is 1.94. The van der Waals surface area contributed by atoms with Crippen LogP contribution in [0.25, 0.3) is 0 Å². The molecule has 0 saturated heterocycles. The van der Waals surface area contributed by atoms with Gasteiger partial charge < -0.3 is 14.8 Å². The summed E-state index contributed by atoms with van der Waals surface area (Å²) in [7, 11) is 0. The van der Waals surface area contributed by atoms with Crippen LogP contribution in [0.15, 0.2) is 34.9 Å². The lowest BCUT2D eigenvalue weighted by atomic mass is 9.95. The molecule has 3 aliphatic rings. The zero-order chi connectivity index (χ0) is 11.1. The molecule has 16 heavy (non-hydrogen) atoms. The van der Waals surface area contributed by atoms with Crippen LogP contribution in [0.3, 0.4) is 0 Å². The van der Waals surface area contributed by atoms with E-state index in [1.807, 2.05) is 0 Å². The largest absolute Gasteiger partial charge is 0.491 e. The molecule has 1 N–H and O–H groups in total. The number of dihydropyridines is 1. The van der Waals surface area contributed by atoms with E-state index in [9.17, 15) is 9.59 Å². The highest BCUT2D eigenvalue weighted by Gasteiger charge is 2.30. The molecule has 0 atom stereocenters. The van der Waals surface area contributed by atoms with Crippen molar-refractivity contribution < 1.29 is 19.1 Å². The highest BCUT2D eigenvalue weighted by atomic mass is 16.5. The van der Waals surface area contributed by atoms with Gasteiger partial charge in [0.2, 0.25) is 5.78 Å². The van der Waals surface area contributed by atoms with Gasteiger partial charge in [0.1, 0.15) is 12.9 Å². The molecule has 0 spiro atoms. The van der Waals surface area contributed by atoms with Crippen LogP contribution in [0.1, 0.15) is 0 Å². The van der Waals surface area contributed by atoms with Gasteiger partial charge in [-0.1, -0.05) is 0 Å². The Morgan fingerprint density at radius 3 is 2.88 bits per heavy atom. The number of hydrogen-bond donors (Lipinski definition) is 1. The number of nitrogens with one attached hydrogen (secondary N) is 1. The summed E-state index contributed by atoms with van der Waals surface area (Å²) in [5, 5.41) is 3.00. The molecule has 0 radical (unpaired) electrons. The predicted octanol–water partition coefficient (Wildman–Crippen LogP) is -0.190. The molecule has 0 unspecified atom stereocenters. The minimum atomic E-state index is -0.115. The average molecular weight is 219 g/mol. The third-order valence-electron chi connectivity index (χ3n) is 2.69. The zero-order valence-electron chi connectivity index (χ0n) is 8.41. The Labute approximate surface area is 91.4 Å². The van der Waals surface area contributed by atoms with E-state index in [0.717, 1.165) is 0 Å². The van der Waals surface area contributed by atoms with Crippen molar-refractivity contribution in [3.8, 4) is 0 Å². The normalized spacial score (nSPS) is 23.8. The molecule has 0 aromatic carbocycles. The van der Waals surface area contributed by atoms with Gasteiger partial charge in [0.05, 0.1) is 18.0 Å². The molecule has 0 aromatic heterocycles. The molecule has 5 heteroatoms. The van der Waals surface area contributed by atoms with Gasteiger partial charge in [-0.05, 0) is 6.08 Å². The molecule has 5 nitrogen and oxygen atoms in total. The summed E-state index contributed by atoms with van der Waals surface area (Å²) in [5.41, 5.74) is 2.37. The van der Waals surface area contributed by atoms with Crippen LogP contribution in [0.5, 0.6) is 0 Å². The van der Waals surface area contributed by atoms with Crippen LogP contribution in [-0.4, -0.2) is 31.4 Å². The van der Waals surface area contributed by atoms with Crippen LogP contribution in [0, 0.1) is 0 Å². The van der Waals surface area contributed by atoms with E-state index < -0.39 is 0 Å². The summed E-state index contributed by atoms with van der Waals surface area (Å²) in [4.78, 5) is 23.2. The monoisotopic (exact) mass is 219 g/mol. The van der Waals surface area contributed by atoms with Gasteiger partial charge in [-0.25, -0.2) is 0 Å². The topological polar surface area (TPSA) is 64.6 Å². The second kappa shape index (κ2) is 3.31. The number of rotatable bonds is 0. The second-order valence-electron chi connectivity index (χ2n) is 3.76. The van der Waals surface area contributed by atoms with Crippen molar-refractivity contribution in [2.24, 2.45) is 0 Å². The fraction of sp³-hybridized carbons (Fsp3) is 0.273. The first kappa shape index (κ1) is 9.35. The van der Waals surface area contributed by atoms with Gasteiger partial charge in [-0.3, -0.25) is 9.59 Å². The Hall–Kier alpha value is -1.88. The number of ketones is 2. The Morgan fingerprint density at radius 2 is 2.00 bits per heavy atom. The minimum absolute atomic E-state index is 0.0321. The second-order valence-corrected chi connectivity index (χ2v) is 3.76. The van der Waals surface area contributed by atoms with Gasteiger partial charge >= 0.3 is 0 Å². The first-order valence-corrected chi connectivity index (χ1v) is 4.94. The van der Waals surface area contributed by atoms with E-state index in [-0.39, 0.29) is 24.8 Å². The molecule has 0 fully saturated rings. The molecular weight excluding hydrogens is 210 g/mol. The molecule has 0 saturated carbocycles. The van der Waals surface area contributed by atoms with Crippen molar-refractivity contribution in [2.45, 2.75) is 0 Å². The summed E-state index contributed by atoms with van der Waals surface area (Å²) in [6, 6.07) is 0. The maximum Gasteiger partial charge on any atom is 0.202 e. The Bertz CT molecular complexity index is 484. The fourth-order valence-corrected chi connectivity index (χ4v) is 1.89. The smallest absolute Gasteiger partial charge is 0.202 e. The van der Waals surface area contributed by atoms with E-state index in [1.165, 1.54) is 6.26 Å². The number of Topliss-reactive ketones (excluding diaryl/α,β-unsaturated/α-hetero) is 2. The molecule has 0 aromatic rings. The summed E-state index contributed by atoms with van der Waals surface area (Å²) in [6.07, 6.45) is 3.13. The van der Waals surface area contributed by atoms with E-state index in [2.05, 4.69) is 5.32 Å². The standard InChI is InChI=1S/C11H9NO4/c13-10-4-15-2-8-6(10)1-7-9(12-8)3-16-5-11(7)14/h1-2,12H,3-5H2. The van der Waals surface area contributed by atoms with Gasteiger partial charge in [-0.2, -0.15) is 0 Å². The molecule has 0 aliphatic carbocycles. The number of fused-ring (bicyclic) bond motifs is 1. The molecule has 3 aliphatic heterocycles. The van der Waals surface area contributed by atoms with Crippen molar-refractivity contribution in [2.75, 3.05) is 19.8 Å². The van der Waals surface area contributed by atoms with Gasteiger partial charge in [0.15, 0.2) is 12.4 Å². The molecule has 3 heterocycles. The first-order chi connectivity index (χ1) is 7.75. The minimum Gasteiger partial charge on any atom is -0.491 e. The quantitative estimate of drug-likeness (QED) is 0.611. The van der Waals surface area contributed by atoms with Gasteiger partial charge in [0.25, 0.3) is 0 Å². The summed E-state index contributed by atoms with van der Waals surface area (Å²) in [6.45, 7) is 0.467. The Morgan fingerprint density at radius 1 is 1.12 bits per heavy atom. The van der Waals surface area contributed by atoms with Crippen molar-refractivity contribution in [3.63, 3.8) is 0 Å². The van der Waals surface area contributed by atoms with Crippen LogP contribution in [-0.2, 0) is 19.1 Å². The van der Waals surface area contributed by atoms with Crippen molar-refractivity contribution in [1.29, 1.82) is 0 Å². The highest BCUT2D eigenvalue weighted by Crippen LogP contribution is 2.26. The number of hydrogen-bond acceptors (Lipinski definition) is 5. The third kappa shape index (κ3) is 1.29. The SMILES string of the molecule is O=C1COC=C2NC3=C(C=C12)C(=O)COC3. The van der Waals surface area contributed by atoms with Crippen LogP contribution >= 0.6 is 0 Å². The van der Waals surface area contributed by atoms with Crippen molar-refractivity contribution >= 4 is 11.6 Å². The van der Waals surface area contributed by atoms with Crippen LogP contribution in [0.2, 0.25) is 0 Å². The van der Waals surface area contributed by atoms with Gasteiger partial charge in [-0.15, -0.1) is 0 Å². The summed E-state index contributed by atoms with van der Waals surface area (Å²) >= 11 is 0. The maximum absolute atomic E-state index is 11.6. The fourth-order valence-electron chi connectivity index (χ4n) is 1.89. The van der Waals surface area contributed by atoms with Gasteiger partial charge in [0, 0.05) is 11.1 Å². The average Bonchev–Trinajstić information content (AvgIpc) is 2.28. The molecule has 82 valence electrons. The van der Waals surface area contributed by atoms with E-state index >= 15 is 0 Å². The highest BCUT2D eigenvalue weighted by molar-refractivity contribution is 6.07. The summed E-state index contributed by atoms with van der Waals surface area (Å²) < 4.78 is 10.1. The van der Waals surface area contributed by atoms with Crippen molar-refractivity contribution in [1.82, 2.24) is 5.32 Å². The number of ether oxygens (including phenoxy) is 2. The molecular formula is C11H9NO4. The van der Waals surface area contributed by atoms with Crippen LogP contribution < -0.4 is 5.32 Å². The lowest BCUT2D eigenvalue weighted by Gasteiger charge is -2.27. The van der Waals surface area contributed by atoms with E-state index in [0.29, 0.717) is 29.1 Å². The molecule has 0 amide bonds. The number of carbonyl (C=O) groups excluding carboxylic acids is 2. The van der Waals surface area contributed by atoms with E-state index in [1.54, 1.807) is 6.08 Å². The number of carbonyl (C=O) groups is 2. The lowest BCUT2D eigenvalue weighted by Crippen LogP contribution is -2.35. The lowest BCUT2D eigenvalue weighted by molar-refractivity contribution is -0.120. The van der Waals surface area contributed by atoms with Crippen molar-refractivity contribution in [3.05, 3.63) is 34.9 Å². The van der Waals surface area contributed by atoms with Crippen LogP contribution in [0.4, 0.5) is 0 Å². The molecule has 3 rings (SSSR count). The molecule has 0 bridgehead atoms. The first-order valence-electron chi connectivity index (χ1n) is 4.94. The zero-order valence-corrected chi connectivity index (χ0v) is 8.41. The van der Waals surface area contributed by atoms with E-state index in [4.69, 9.17) is 9.47 Å².